The van der Waals surface area contributed by atoms with Gasteiger partial charge in [0.05, 0.1) is 5.75 Å². The third kappa shape index (κ3) is 3.77. The van der Waals surface area contributed by atoms with Crippen LogP contribution in [0, 0.1) is 19.7 Å². The first kappa shape index (κ1) is 14.9. The number of hydrogen-bond acceptors (Lipinski definition) is 4. The molecule has 0 radical (unpaired) electrons. The Morgan fingerprint density at radius 2 is 1.70 bits per heavy atom. The third-order valence-corrected chi connectivity index (χ3v) is 4.01. The molecular formula is C15H18FN3S. The molecule has 0 aliphatic heterocycles. The number of hydrogen-bond donors (Lipinski definition) is 1. The molecule has 20 heavy (non-hydrogen) atoms. The van der Waals surface area contributed by atoms with Gasteiger partial charge in [-0.05, 0) is 45.2 Å². The molecule has 1 N–H and O–H groups in total. The molecule has 0 amide bonds. The number of nitrogens with zero attached hydrogens (tertiary/aromatic N) is 2. The topological polar surface area (TPSA) is 37.8 Å². The van der Waals surface area contributed by atoms with Crippen molar-refractivity contribution in [3.05, 3.63) is 52.9 Å². The number of rotatable bonds is 5. The fourth-order valence-electron chi connectivity index (χ4n) is 1.98. The first-order chi connectivity index (χ1) is 9.60. The van der Waals surface area contributed by atoms with Gasteiger partial charge in [0.1, 0.15) is 11.6 Å². The van der Waals surface area contributed by atoms with Crippen LogP contribution >= 0.6 is 11.8 Å². The monoisotopic (exact) mass is 291 g/mol. The van der Waals surface area contributed by atoms with Crippen molar-refractivity contribution in [2.45, 2.75) is 31.0 Å². The van der Waals surface area contributed by atoms with E-state index in [0.29, 0.717) is 5.75 Å². The highest BCUT2D eigenvalue weighted by atomic mass is 32.2. The van der Waals surface area contributed by atoms with E-state index < -0.39 is 0 Å². The average Bonchev–Trinajstić information content (AvgIpc) is 2.42. The molecular weight excluding hydrogens is 273 g/mol. The van der Waals surface area contributed by atoms with Crippen molar-refractivity contribution in [1.82, 2.24) is 15.3 Å². The zero-order chi connectivity index (χ0) is 14.5. The molecule has 1 aromatic carbocycles. The quantitative estimate of drug-likeness (QED) is 0.858. The summed E-state index contributed by atoms with van der Waals surface area (Å²) in [5, 5.41) is 3.13. The Kier molecular flexibility index (Phi) is 5.09. The summed E-state index contributed by atoms with van der Waals surface area (Å²) >= 11 is 1.61. The van der Waals surface area contributed by atoms with Gasteiger partial charge in [0.15, 0.2) is 0 Å². The zero-order valence-corrected chi connectivity index (χ0v) is 12.7. The van der Waals surface area contributed by atoms with Gasteiger partial charge in [-0.25, -0.2) is 14.4 Å². The molecule has 0 aliphatic carbocycles. The van der Waals surface area contributed by atoms with Crippen LogP contribution in [0.25, 0.3) is 0 Å². The van der Waals surface area contributed by atoms with Crippen molar-refractivity contribution in [3.63, 3.8) is 0 Å². The molecule has 1 aromatic heterocycles. The molecule has 1 heterocycles. The highest BCUT2D eigenvalue weighted by molar-refractivity contribution is 7.98. The summed E-state index contributed by atoms with van der Waals surface area (Å²) in [4.78, 5) is 10.1. The largest absolute Gasteiger partial charge is 0.316 e. The molecule has 0 spiro atoms. The van der Waals surface area contributed by atoms with Crippen LogP contribution in [0.3, 0.4) is 0 Å². The number of aryl methyl sites for hydroxylation is 2. The van der Waals surface area contributed by atoms with Gasteiger partial charge < -0.3 is 5.32 Å². The Morgan fingerprint density at radius 3 is 2.25 bits per heavy atom. The summed E-state index contributed by atoms with van der Waals surface area (Å²) in [6.07, 6.45) is 0. The van der Waals surface area contributed by atoms with Gasteiger partial charge in [0, 0.05) is 28.4 Å². The first-order valence-electron chi connectivity index (χ1n) is 6.46. The Morgan fingerprint density at radius 1 is 1.10 bits per heavy atom. The van der Waals surface area contributed by atoms with Crippen LogP contribution < -0.4 is 5.32 Å². The van der Waals surface area contributed by atoms with Crippen molar-refractivity contribution in [2.75, 3.05) is 7.05 Å². The fraction of sp³-hybridized carbons (Fsp3) is 0.333. The van der Waals surface area contributed by atoms with E-state index >= 15 is 0 Å². The zero-order valence-electron chi connectivity index (χ0n) is 11.9. The number of halogens is 1. The van der Waals surface area contributed by atoms with Crippen LogP contribution in [-0.2, 0) is 12.3 Å². The van der Waals surface area contributed by atoms with Gasteiger partial charge in [-0.15, -0.1) is 11.8 Å². The van der Waals surface area contributed by atoms with Crippen LogP contribution in [0.5, 0.6) is 0 Å². The lowest BCUT2D eigenvalue weighted by Gasteiger charge is -2.10. The number of thioether (sulfide) groups is 1. The molecule has 0 aliphatic rings. The van der Waals surface area contributed by atoms with Crippen molar-refractivity contribution < 1.29 is 4.39 Å². The molecule has 2 rings (SSSR count). The average molecular weight is 291 g/mol. The lowest BCUT2D eigenvalue weighted by Crippen LogP contribution is -2.12. The van der Waals surface area contributed by atoms with E-state index in [0.717, 1.165) is 34.2 Å². The Labute approximate surface area is 123 Å². The summed E-state index contributed by atoms with van der Waals surface area (Å²) in [5.74, 6) is 1.29. The van der Waals surface area contributed by atoms with E-state index in [2.05, 4.69) is 15.3 Å². The van der Waals surface area contributed by atoms with E-state index in [9.17, 15) is 4.39 Å². The van der Waals surface area contributed by atoms with Crippen LogP contribution in [0.15, 0.2) is 29.2 Å². The highest BCUT2D eigenvalue weighted by Crippen LogP contribution is 2.22. The van der Waals surface area contributed by atoms with Gasteiger partial charge in [0.25, 0.3) is 0 Å². The maximum absolute atomic E-state index is 12.8. The van der Waals surface area contributed by atoms with Crippen molar-refractivity contribution in [2.24, 2.45) is 0 Å². The van der Waals surface area contributed by atoms with E-state index in [1.165, 1.54) is 12.1 Å². The predicted molar refractivity (Wildman–Crippen MR) is 80.2 cm³/mol. The van der Waals surface area contributed by atoms with Crippen molar-refractivity contribution in [1.29, 1.82) is 0 Å². The maximum atomic E-state index is 12.8. The maximum Gasteiger partial charge on any atom is 0.139 e. The Hall–Kier alpha value is -1.46. The molecule has 3 nitrogen and oxygen atoms in total. The predicted octanol–water partition coefficient (Wildman–Crippen LogP) is 3.24. The smallest absolute Gasteiger partial charge is 0.139 e. The second-order valence-corrected chi connectivity index (χ2v) is 5.61. The van der Waals surface area contributed by atoms with Crippen LogP contribution in [-0.4, -0.2) is 17.0 Å². The molecule has 0 atom stereocenters. The minimum absolute atomic E-state index is 0.214. The number of benzene rings is 1. The van der Waals surface area contributed by atoms with Gasteiger partial charge in [-0.2, -0.15) is 0 Å². The van der Waals surface area contributed by atoms with Crippen LogP contribution in [0.2, 0.25) is 0 Å². The summed E-state index contributed by atoms with van der Waals surface area (Å²) in [7, 11) is 1.91. The van der Waals surface area contributed by atoms with E-state index in [1.54, 1.807) is 23.9 Å². The lowest BCUT2D eigenvalue weighted by molar-refractivity contribution is 0.626. The molecule has 0 fully saturated rings. The van der Waals surface area contributed by atoms with Gasteiger partial charge >= 0.3 is 0 Å². The molecule has 0 unspecified atom stereocenters. The van der Waals surface area contributed by atoms with Gasteiger partial charge in [0.2, 0.25) is 0 Å². The minimum atomic E-state index is -0.214. The molecule has 0 saturated carbocycles. The second kappa shape index (κ2) is 6.81. The fourth-order valence-corrected chi connectivity index (χ4v) is 2.74. The third-order valence-electron chi connectivity index (χ3n) is 3.00. The first-order valence-corrected chi connectivity index (χ1v) is 7.44. The molecule has 0 saturated heterocycles. The summed E-state index contributed by atoms with van der Waals surface area (Å²) in [6, 6.07) is 6.48. The molecule has 5 heteroatoms. The molecule has 106 valence electrons. The SMILES string of the molecule is CNCc1c(C)nc(CSc2ccc(F)cc2)nc1C. The van der Waals surface area contributed by atoms with Gasteiger partial charge in [-0.1, -0.05) is 0 Å². The van der Waals surface area contributed by atoms with Crippen LogP contribution in [0.1, 0.15) is 22.8 Å². The summed E-state index contributed by atoms with van der Waals surface area (Å²) < 4.78 is 12.8. The Bertz CT molecular complexity index is 561. The highest BCUT2D eigenvalue weighted by Gasteiger charge is 2.08. The van der Waals surface area contributed by atoms with E-state index in [4.69, 9.17) is 0 Å². The van der Waals surface area contributed by atoms with Crippen molar-refractivity contribution in [3.8, 4) is 0 Å². The Balaban J connectivity index is 2.08. The molecule has 2 aromatic rings. The number of aromatic nitrogens is 2. The minimum Gasteiger partial charge on any atom is -0.316 e. The number of nitrogens with one attached hydrogen (secondary N) is 1. The standard InChI is InChI=1S/C15H18FN3S/c1-10-14(8-17-3)11(2)19-15(18-10)9-20-13-6-4-12(16)5-7-13/h4-7,17H,8-9H2,1-3H3. The van der Waals surface area contributed by atoms with Crippen molar-refractivity contribution >= 4 is 11.8 Å². The normalized spacial score (nSPS) is 10.8. The van der Waals surface area contributed by atoms with E-state index in [1.807, 2.05) is 20.9 Å². The molecule has 0 bridgehead atoms. The summed E-state index contributed by atoms with van der Waals surface area (Å²) in [5.41, 5.74) is 3.19. The van der Waals surface area contributed by atoms with E-state index in [-0.39, 0.29) is 5.82 Å². The van der Waals surface area contributed by atoms with Gasteiger partial charge in [-0.3, -0.25) is 0 Å². The lowest BCUT2D eigenvalue weighted by atomic mass is 10.1. The summed E-state index contributed by atoms with van der Waals surface area (Å²) in [6.45, 7) is 4.80. The second-order valence-electron chi connectivity index (χ2n) is 4.56. The van der Waals surface area contributed by atoms with Crippen LogP contribution in [0.4, 0.5) is 4.39 Å².